The van der Waals surface area contributed by atoms with Gasteiger partial charge in [0.2, 0.25) is 0 Å². The van der Waals surface area contributed by atoms with Gasteiger partial charge >= 0.3 is 5.97 Å². The Morgan fingerprint density at radius 3 is 2.55 bits per heavy atom. The minimum absolute atomic E-state index is 0.423. The molecule has 0 amide bonds. The molecule has 2 aliphatic carbocycles. The van der Waals surface area contributed by atoms with E-state index < -0.39 is 11.4 Å². The lowest BCUT2D eigenvalue weighted by molar-refractivity contribution is -0.150. The predicted molar refractivity (Wildman–Crippen MR) is 74.0 cm³/mol. The second-order valence-electron chi connectivity index (χ2n) is 6.00. The lowest BCUT2D eigenvalue weighted by Gasteiger charge is -2.25. The molecule has 108 valence electrons. The van der Waals surface area contributed by atoms with Crippen LogP contribution in [0.1, 0.15) is 25.7 Å². The molecule has 2 fully saturated rings. The van der Waals surface area contributed by atoms with Gasteiger partial charge in [-0.1, -0.05) is 12.1 Å². The van der Waals surface area contributed by atoms with Gasteiger partial charge in [0.05, 0.1) is 19.1 Å². The summed E-state index contributed by atoms with van der Waals surface area (Å²) in [5, 5.41) is 9.52. The third-order valence-electron chi connectivity index (χ3n) is 4.74. The molecule has 20 heavy (non-hydrogen) atoms. The minimum atomic E-state index is -0.659. The molecule has 0 heterocycles. The smallest absolute Gasteiger partial charge is 0.309 e. The highest BCUT2D eigenvalue weighted by Crippen LogP contribution is 2.61. The van der Waals surface area contributed by atoms with Crippen LogP contribution in [0, 0.1) is 17.3 Å². The zero-order valence-electron chi connectivity index (χ0n) is 11.7. The second kappa shape index (κ2) is 5.00. The summed E-state index contributed by atoms with van der Waals surface area (Å²) in [7, 11) is 1.60. The molecule has 4 heteroatoms. The van der Waals surface area contributed by atoms with Crippen LogP contribution < -0.4 is 9.47 Å². The van der Waals surface area contributed by atoms with E-state index in [1.165, 1.54) is 6.42 Å². The highest BCUT2D eigenvalue weighted by Gasteiger charge is 2.57. The average molecular weight is 276 g/mol. The first-order valence-corrected chi connectivity index (χ1v) is 7.14. The molecule has 1 aromatic carbocycles. The molecule has 2 saturated carbocycles. The number of methoxy groups -OCH3 is 1. The van der Waals surface area contributed by atoms with Crippen molar-refractivity contribution in [1.82, 2.24) is 0 Å². The van der Waals surface area contributed by atoms with Crippen LogP contribution in [0.15, 0.2) is 24.3 Å². The molecule has 3 rings (SSSR count). The quantitative estimate of drug-likeness (QED) is 0.868. The van der Waals surface area contributed by atoms with Crippen LogP contribution in [-0.2, 0) is 4.79 Å². The third kappa shape index (κ3) is 2.35. The molecule has 0 aromatic heterocycles. The van der Waals surface area contributed by atoms with Gasteiger partial charge in [-0.05, 0) is 49.7 Å². The number of fused-ring (bicyclic) bond motifs is 1. The standard InChI is InChI=1S/C16H20O4/c1-19-13-4-2-3-5-14(13)20-7-6-16(15(17)18)9-11-8-12(11)10-16/h2-5,11-12H,6-10H2,1H3,(H,17,18). The summed E-state index contributed by atoms with van der Waals surface area (Å²) in [6.45, 7) is 0.423. The zero-order chi connectivity index (χ0) is 14.2. The van der Waals surface area contributed by atoms with Crippen molar-refractivity contribution in [2.75, 3.05) is 13.7 Å². The molecule has 2 aliphatic rings. The fraction of sp³-hybridized carbons (Fsp3) is 0.562. The molecule has 0 radical (unpaired) electrons. The van der Waals surface area contributed by atoms with Gasteiger partial charge in [-0.2, -0.15) is 0 Å². The van der Waals surface area contributed by atoms with Crippen LogP contribution in [-0.4, -0.2) is 24.8 Å². The number of hydrogen-bond acceptors (Lipinski definition) is 3. The maximum absolute atomic E-state index is 11.6. The Kier molecular flexibility index (Phi) is 3.32. The highest BCUT2D eigenvalue weighted by molar-refractivity contribution is 5.75. The van der Waals surface area contributed by atoms with E-state index in [4.69, 9.17) is 9.47 Å². The number of carboxylic acids is 1. The van der Waals surface area contributed by atoms with E-state index in [9.17, 15) is 9.90 Å². The van der Waals surface area contributed by atoms with E-state index in [1.54, 1.807) is 7.11 Å². The molecule has 0 bridgehead atoms. The first-order valence-electron chi connectivity index (χ1n) is 7.14. The van der Waals surface area contributed by atoms with Gasteiger partial charge in [-0.25, -0.2) is 0 Å². The van der Waals surface area contributed by atoms with Gasteiger partial charge in [0.25, 0.3) is 0 Å². The Morgan fingerprint density at radius 1 is 1.30 bits per heavy atom. The molecule has 1 aromatic rings. The van der Waals surface area contributed by atoms with Gasteiger partial charge in [0.1, 0.15) is 0 Å². The van der Waals surface area contributed by atoms with Crippen molar-refractivity contribution < 1.29 is 19.4 Å². The van der Waals surface area contributed by atoms with Gasteiger partial charge in [-0.3, -0.25) is 4.79 Å². The summed E-state index contributed by atoms with van der Waals surface area (Å²) in [5.41, 5.74) is -0.560. The minimum Gasteiger partial charge on any atom is -0.493 e. The largest absolute Gasteiger partial charge is 0.493 e. The van der Waals surface area contributed by atoms with E-state index in [2.05, 4.69) is 0 Å². The summed E-state index contributed by atoms with van der Waals surface area (Å²) < 4.78 is 11.0. The maximum Gasteiger partial charge on any atom is 0.309 e. The number of hydrogen-bond donors (Lipinski definition) is 1. The molecule has 1 N–H and O–H groups in total. The van der Waals surface area contributed by atoms with Crippen LogP contribution in [0.4, 0.5) is 0 Å². The van der Waals surface area contributed by atoms with Crippen LogP contribution in [0.2, 0.25) is 0 Å². The topological polar surface area (TPSA) is 55.8 Å². The summed E-state index contributed by atoms with van der Waals surface area (Å²) in [5.74, 6) is 2.01. The van der Waals surface area contributed by atoms with Crippen LogP contribution in [0.25, 0.3) is 0 Å². The number of benzene rings is 1. The Hall–Kier alpha value is -1.71. The Labute approximate surface area is 118 Å². The number of rotatable bonds is 6. The molecule has 0 saturated heterocycles. The number of carbonyl (C=O) groups is 1. The van der Waals surface area contributed by atoms with Crippen molar-refractivity contribution in [3.8, 4) is 11.5 Å². The first-order chi connectivity index (χ1) is 9.64. The Morgan fingerprint density at radius 2 is 1.95 bits per heavy atom. The Bertz CT molecular complexity index is 501. The number of ether oxygens (including phenoxy) is 2. The first kappa shape index (κ1) is 13.3. The summed E-state index contributed by atoms with van der Waals surface area (Å²) in [6.07, 6.45) is 3.44. The maximum atomic E-state index is 11.6. The summed E-state index contributed by atoms with van der Waals surface area (Å²) in [6, 6.07) is 7.45. The Balaban J connectivity index is 1.60. The molecule has 2 atom stereocenters. The second-order valence-corrected chi connectivity index (χ2v) is 6.00. The van der Waals surface area contributed by atoms with Gasteiger partial charge in [0.15, 0.2) is 11.5 Å². The van der Waals surface area contributed by atoms with Crippen LogP contribution in [0.3, 0.4) is 0 Å². The molecular formula is C16H20O4. The molecule has 0 aliphatic heterocycles. The third-order valence-corrected chi connectivity index (χ3v) is 4.74. The lowest BCUT2D eigenvalue weighted by atomic mass is 9.80. The van der Waals surface area contributed by atoms with Crippen molar-refractivity contribution >= 4 is 5.97 Å². The van der Waals surface area contributed by atoms with Crippen molar-refractivity contribution in [3.63, 3.8) is 0 Å². The van der Waals surface area contributed by atoms with Gasteiger partial charge < -0.3 is 14.6 Å². The van der Waals surface area contributed by atoms with Gasteiger partial charge in [0, 0.05) is 0 Å². The van der Waals surface area contributed by atoms with Crippen molar-refractivity contribution in [1.29, 1.82) is 0 Å². The predicted octanol–water partition coefficient (Wildman–Crippen LogP) is 2.97. The molecule has 2 unspecified atom stereocenters. The van der Waals surface area contributed by atoms with E-state index >= 15 is 0 Å². The van der Waals surface area contributed by atoms with E-state index in [0.717, 1.165) is 12.8 Å². The van der Waals surface area contributed by atoms with E-state index in [-0.39, 0.29) is 0 Å². The number of carboxylic acid groups (broad SMARTS) is 1. The number of para-hydroxylation sites is 2. The van der Waals surface area contributed by atoms with Crippen molar-refractivity contribution in [3.05, 3.63) is 24.3 Å². The van der Waals surface area contributed by atoms with E-state index in [0.29, 0.717) is 36.4 Å². The molecule has 0 spiro atoms. The molecular weight excluding hydrogens is 256 g/mol. The van der Waals surface area contributed by atoms with Crippen LogP contribution in [0.5, 0.6) is 11.5 Å². The average Bonchev–Trinajstić information content (AvgIpc) is 3.07. The van der Waals surface area contributed by atoms with E-state index in [1.807, 2.05) is 24.3 Å². The zero-order valence-corrected chi connectivity index (χ0v) is 11.7. The van der Waals surface area contributed by atoms with Crippen molar-refractivity contribution in [2.45, 2.75) is 25.7 Å². The SMILES string of the molecule is COc1ccccc1OCCC1(C(=O)O)CC2CC2C1. The fourth-order valence-corrected chi connectivity index (χ4v) is 3.48. The van der Waals surface area contributed by atoms with Crippen molar-refractivity contribution in [2.24, 2.45) is 17.3 Å². The van der Waals surface area contributed by atoms with Gasteiger partial charge in [-0.15, -0.1) is 0 Å². The molecule has 4 nitrogen and oxygen atoms in total. The lowest BCUT2D eigenvalue weighted by Crippen LogP contribution is -2.31. The summed E-state index contributed by atoms with van der Waals surface area (Å²) in [4.78, 5) is 11.6. The van der Waals surface area contributed by atoms with Crippen LogP contribution >= 0.6 is 0 Å². The monoisotopic (exact) mass is 276 g/mol. The fourth-order valence-electron chi connectivity index (χ4n) is 3.48. The highest BCUT2D eigenvalue weighted by atomic mass is 16.5. The normalized spacial score (nSPS) is 30.6. The summed E-state index contributed by atoms with van der Waals surface area (Å²) >= 11 is 0. The number of aliphatic carboxylic acids is 1.